The van der Waals surface area contributed by atoms with E-state index in [0.717, 1.165) is 16.7 Å². The molecule has 0 bridgehead atoms. The third kappa shape index (κ3) is 5.85. The fourth-order valence-corrected chi connectivity index (χ4v) is 3.31. The van der Waals surface area contributed by atoms with Crippen molar-refractivity contribution in [3.63, 3.8) is 0 Å². The minimum absolute atomic E-state index is 0.203. The maximum atomic E-state index is 11.9. The van der Waals surface area contributed by atoms with Gasteiger partial charge in [0.1, 0.15) is 0 Å². The highest BCUT2D eigenvalue weighted by Crippen LogP contribution is 2.11. The summed E-state index contributed by atoms with van der Waals surface area (Å²) in [5.41, 5.74) is 2.94. The number of hydrogen-bond acceptors (Lipinski definition) is 3. The van der Waals surface area contributed by atoms with Gasteiger partial charge in [0, 0.05) is 19.2 Å². The van der Waals surface area contributed by atoms with E-state index >= 15 is 0 Å². The molecule has 5 nitrogen and oxygen atoms in total. The molecule has 2 N–H and O–H groups in total. The fraction of sp³-hybridized carbons (Fsp3) is 0.211. The summed E-state index contributed by atoms with van der Waals surface area (Å²) in [6.07, 6.45) is 3.08. The molecule has 6 heteroatoms. The summed E-state index contributed by atoms with van der Waals surface area (Å²) in [4.78, 5) is 12.1. The zero-order valence-corrected chi connectivity index (χ0v) is 15.1. The maximum absolute atomic E-state index is 11.9. The van der Waals surface area contributed by atoms with E-state index in [-0.39, 0.29) is 10.8 Å². The first-order chi connectivity index (χ1) is 11.9. The number of nitrogens with one attached hydrogen (secondary N) is 2. The molecule has 2 aromatic carbocycles. The Morgan fingerprint density at radius 2 is 1.84 bits per heavy atom. The second kappa shape index (κ2) is 8.60. The van der Waals surface area contributed by atoms with Crippen LogP contribution in [0.25, 0.3) is 6.08 Å². The van der Waals surface area contributed by atoms with Crippen LogP contribution in [0.5, 0.6) is 0 Å². The second-order valence-electron chi connectivity index (χ2n) is 5.61. The van der Waals surface area contributed by atoms with E-state index in [4.69, 9.17) is 0 Å². The minimum atomic E-state index is -3.45. The van der Waals surface area contributed by atoms with Gasteiger partial charge in [-0.2, -0.15) is 0 Å². The SMILES string of the molecule is CCNS(=O)(=O)c1ccc(/C=C/C(=O)NCc2cccc(C)c2)cc1. The molecule has 25 heavy (non-hydrogen) atoms. The van der Waals surface area contributed by atoms with Gasteiger partial charge in [-0.3, -0.25) is 4.79 Å². The van der Waals surface area contributed by atoms with Crippen molar-refractivity contribution in [3.05, 3.63) is 71.3 Å². The van der Waals surface area contributed by atoms with Crippen LogP contribution in [-0.4, -0.2) is 20.9 Å². The number of rotatable bonds is 7. The highest BCUT2D eigenvalue weighted by Gasteiger charge is 2.11. The van der Waals surface area contributed by atoms with Gasteiger partial charge in [-0.1, -0.05) is 48.9 Å². The minimum Gasteiger partial charge on any atom is -0.348 e. The van der Waals surface area contributed by atoms with Crippen LogP contribution in [0.3, 0.4) is 0 Å². The van der Waals surface area contributed by atoms with Crippen LogP contribution in [-0.2, 0) is 21.4 Å². The van der Waals surface area contributed by atoms with Crippen molar-refractivity contribution in [2.45, 2.75) is 25.3 Å². The van der Waals surface area contributed by atoms with E-state index in [1.54, 1.807) is 25.1 Å². The highest BCUT2D eigenvalue weighted by molar-refractivity contribution is 7.89. The van der Waals surface area contributed by atoms with E-state index in [9.17, 15) is 13.2 Å². The van der Waals surface area contributed by atoms with Crippen molar-refractivity contribution < 1.29 is 13.2 Å². The average Bonchev–Trinajstić information content (AvgIpc) is 2.58. The molecule has 0 saturated carbocycles. The van der Waals surface area contributed by atoms with Gasteiger partial charge in [0.15, 0.2) is 0 Å². The topological polar surface area (TPSA) is 75.3 Å². The molecule has 0 aliphatic carbocycles. The molecule has 0 atom stereocenters. The molecule has 2 aromatic rings. The fourth-order valence-electron chi connectivity index (χ4n) is 2.27. The molecule has 2 rings (SSSR count). The van der Waals surface area contributed by atoms with Crippen LogP contribution in [0.2, 0.25) is 0 Å². The summed E-state index contributed by atoms with van der Waals surface area (Å²) in [7, 11) is -3.45. The van der Waals surface area contributed by atoms with Crippen LogP contribution in [0, 0.1) is 6.92 Å². The summed E-state index contributed by atoms with van der Waals surface area (Å²) in [5.74, 6) is -0.203. The van der Waals surface area contributed by atoms with Gasteiger partial charge in [0.05, 0.1) is 4.90 Å². The molecular formula is C19H22N2O3S. The average molecular weight is 358 g/mol. The Hall–Kier alpha value is -2.44. The lowest BCUT2D eigenvalue weighted by molar-refractivity contribution is -0.116. The van der Waals surface area contributed by atoms with Gasteiger partial charge in [0.25, 0.3) is 0 Å². The molecule has 0 spiro atoms. The van der Waals surface area contributed by atoms with Gasteiger partial charge >= 0.3 is 0 Å². The Morgan fingerprint density at radius 3 is 2.48 bits per heavy atom. The highest BCUT2D eigenvalue weighted by atomic mass is 32.2. The number of sulfonamides is 1. The van der Waals surface area contributed by atoms with Crippen LogP contribution in [0.1, 0.15) is 23.6 Å². The molecule has 132 valence electrons. The predicted octanol–water partition coefficient (Wildman–Crippen LogP) is 2.62. The van der Waals surface area contributed by atoms with Crippen molar-refractivity contribution in [1.29, 1.82) is 0 Å². The number of benzene rings is 2. The first-order valence-corrected chi connectivity index (χ1v) is 9.50. The molecule has 1 amide bonds. The number of hydrogen-bond donors (Lipinski definition) is 2. The summed E-state index contributed by atoms with van der Waals surface area (Å²) < 4.78 is 26.2. The van der Waals surface area contributed by atoms with Crippen molar-refractivity contribution in [2.24, 2.45) is 0 Å². The van der Waals surface area contributed by atoms with Crippen LogP contribution >= 0.6 is 0 Å². The Bertz CT molecular complexity index is 856. The van der Waals surface area contributed by atoms with E-state index in [0.29, 0.717) is 13.1 Å². The summed E-state index contributed by atoms with van der Waals surface area (Å²) in [5, 5.41) is 2.82. The molecule has 0 saturated heterocycles. The summed E-state index contributed by atoms with van der Waals surface area (Å²) in [6, 6.07) is 14.3. The monoisotopic (exact) mass is 358 g/mol. The standard InChI is InChI=1S/C19H22N2O3S/c1-3-21-25(23,24)18-10-7-16(8-11-18)9-12-19(22)20-14-17-6-4-5-15(2)13-17/h4-13,21H,3,14H2,1-2H3,(H,20,22)/b12-9+. The van der Waals surface area contributed by atoms with Gasteiger partial charge in [-0.15, -0.1) is 0 Å². The van der Waals surface area contributed by atoms with Crippen molar-refractivity contribution in [2.75, 3.05) is 6.54 Å². The second-order valence-corrected chi connectivity index (χ2v) is 7.38. The quantitative estimate of drug-likeness (QED) is 0.747. The van der Waals surface area contributed by atoms with E-state index in [1.165, 1.54) is 18.2 Å². The van der Waals surface area contributed by atoms with Crippen molar-refractivity contribution in [3.8, 4) is 0 Å². The Balaban J connectivity index is 1.93. The molecule has 0 fully saturated rings. The molecule has 0 aliphatic rings. The third-order valence-electron chi connectivity index (χ3n) is 3.50. The number of carbonyl (C=O) groups is 1. The van der Waals surface area contributed by atoms with Gasteiger partial charge in [0.2, 0.25) is 15.9 Å². The van der Waals surface area contributed by atoms with E-state index in [1.807, 2.05) is 31.2 Å². The first-order valence-electron chi connectivity index (χ1n) is 8.02. The van der Waals surface area contributed by atoms with Crippen molar-refractivity contribution in [1.82, 2.24) is 10.0 Å². The van der Waals surface area contributed by atoms with Crippen LogP contribution in [0.4, 0.5) is 0 Å². The number of carbonyl (C=O) groups excluding carboxylic acids is 1. The Kier molecular flexibility index (Phi) is 6.50. The zero-order chi connectivity index (χ0) is 18.3. The molecule has 0 heterocycles. The summed E-state index contributed by atoms with van der Waals surface area (Å²) >= 11 is 0. The molecular weight excluding hydrogens is 336 g/mol. The zero-order valence-electron chi connectivity index (χ0n) is 14.3. The number of amides is 1. The van der Waals surface area contributed by atoms with Gasteiger partial charge in [-0.05, 0) is 36.3 Å². The lowest BCUT2D eigenvalue weighted by atomic mass is 10.1. The van der Waals surface area contributed by atoms with E-state index < -0.39 is 10.0 Å². The van der Waals surface area contributed by atoms with Crippen LogP contribution < -0.4 is 10.0 Å². The summed E-state index contributed by atoms with van der Waals surface area (Å²) in [6.45, 7) is 4.53. The van der Waals surface area contributed by atoms with Gasteiger partial charge in [-0.25, -0.2) is 13.1 Å². The molecule has 0 aliphatic heterocycles. The lowest BCUT2D eigenvalue weighted by Gasteiger charge is -2.05. The molecule has 0 radical (unpaired) electrons. The molecule has 0 unspecified atom stereocenters. The Morgan fingerprint density at radius 1 is 1.12 bits per heavy atom. The maximum Gasteiger partial charge on any atom is 0.244 e. The van der Waals surface area contributed by atoms with Crippen LogP contribution in [0.15, 0.2) is 59.5 Å². The third-order valence-corrected chi connectivity index (χ3v) is 5.06. The smallest absolute Gasteiger partial charge is 0.244 e. The normalized spacial score (nSPS) is 11.6. The predicted molar refractivity (Wildman–Crippen MR) is 99.4 cm³/mol. The largest absolute Gasteiger partial charge is 0.348 e. The number of aryl methyl sites for hydroxylation is 1. The van der Waals surface area contributed by atoms with E-state index in [2.05, 4.69) is 10.0 Å². The molecule has 0 aromatic heterocycles. The Labute approximate surface area is 148 Å². The first kappa shape index (κ1) is 18.9. The van der Waals surface area contributed by atoms with Gasteiger partial charge < -0.3 is 5.32 Å². The lowest BCUT2D eigenvalue weighted by Crippen LogP contribution is -2.23. The van der Waals surface area contributed by atoms with Crippen molar-refractivity contribution >= 4 is 22.0 Å².